The normalized spacial score (nSPS) is 20.7. The highest BCUT2D eigenvalue weighted by atomic mass is 32.2. The highest BCUT2D eigenvalue weighted by Gasteiger charge is 2.41. The van der Waals surface area contributed by atoms with E-state index in [4.69, 9.17) is 0 Å². The molecule has 118 valence electrons. The van der Waals surface area contributed by atoms with Gasteiger partial charge in [-0.3, -0.25) is 0 Å². The van der Waals surface area contributed by atoms with Gasteiger partial charge in [0.15, 0.2) is 5.13 Å². The van der Waals surface area contributed by atoms with Crippen molar-refractivity contribution in [2.24, 2.45) is 0 Å². The highest BCUT2D eigenvalue weighted by Crippen LogP contribution is 2.42. The van der Waals surface area contributed by atoms with Crippen molar-refractivity contribution >= 4 is 32.1 Å². The summed E-state index contributed by atoms with van der Waals surface area (Å²) in [5, 5.41) is 1.83. The van der Waals surface area contributed by atoms with Gasteiger partial charge in [0.25, 0.3) is 0 Å². The fourth-order valence-electron chi connectivity index (χ4n) is 2.83. The first-order valence-corrected chi connectivity index (χ1v) is 9.59. The summed E-state index contributed by atoms with van der Waals surface area (Å²) in [6.45, 7) is 0. The minimum atomic E-state index is -3.63. The predicted octanol–water partition coefficient (Wildman–Crippen LogP) is 3.87. The molecule has 0 saturated heterocycles. The average molecular weight is 347 g/mol. The van der Waals surface area contributed by atoms with E-state index in [9.17, 15) is 12.8 Å². The lowest BCUT2D eigenvalue weighted by Crippen LogP contribution is -2.26. The number of nitrogens with one attached hydrogen (secondary N) is 1. The Bertz CT molecular complexity index is 981. The molecule has 0 spiro atoms. The number of benzene rings is 2. The van der Waals surface area contributed by atoms with Crippen molar-refractivity contribution in [3.05, 3.63) is 65.3 Å². The zero-order valence-corrected chi connectivity index (χ0v) is 13.7. The predicted molar refractivity (Wildman–Crippen MR) is 89.7 cm³/mol. The third kappa shape index (κ3) is 2.89. The van der Waals surface area contributed by atoms with E-state index in [1.807, 2.05) is 18.2 Å². The van der Waals surface area contributed by atoms with Crippen LogP contribution < -0.4 is 4.72 Å². The van der Waals surface area contributed by atoms with Gasteiger partial charge in [-0.15, -0.1) is 0 Å². The molecule has 1 aromatic heterocycles. The number of hydrogen-bond acceptors (Lipinski definition) is 3. The molecule has 3 nitrogen and oxygen atoms in total. The van der Waals surface area contributed by atoms with Gasteiger partial charge in [-0.2, -0.15) is 4.39 Å². The molecule has 1 N–H and O–H groups in total. The van der Waals surface area contributed by atoms with Gasteiger partial charge in [-0.1, -0.05) is 53.8 Å². The van der Waals surface area contributed by atoms with E-state index in [1.165, 1.54) is 17.5 Å². The first kappa shape index (κ1) is 14.8. The van der Waals surface area contributed by atoms with E-state index in [-0.39, 0.29) is 16.2 Å². The Morgan fingerprint density at radius 2 is 1.83 bits per heavy atom. The van der Waals surface area contributed by atoms with E-state index >= 15 is 0 Å². The lowest BCUT2D eigenvalue weighted by molar-refractivity contribution is 0.582. The fraction of sp³-hybridized carbons (Fsp3) is 0.176. The zero-order valence-electron chi connectivity index (χ0n) is 12.1. The molecule has 1 fully saturated rings. The zero-order chi connectivity index (χ0) is 16.0. The lowest BCUT2D eigenvalue weighted by Gasteiger charge is -2.05. The maximum atomic E-state index is 13.0. The highest BCUT2D eigenvalue weighted by molar-refractivity contribution is 7.91. The van der Waals surface area contributed by atoms with Gasteiger partial charge in [0.1, 0.15) is 4.21 Å². The van der Waals surface area contributed by atoms with E-state index < -0.39 is 15.2 Å². The second-order valence-corrected chi connectivity index (χ2v) is 8.71. The van der Waals surface area contributed by atoms with Crippen LogP contribution in [0.25, 0.3) is 10.8 Å². The van der Waals surface area contributed by atoms with Crippen molar-refractivity contribution < 1.29 is 12.8 Å². The van der Waals surface area contributed by atoms with Crippen LogP contribution in [-0.4, -0.2) is 14.5 Å². The Kier molecular flexibility index (Phi) is 3.48. The second-order valence-electron chi connectivity index (χ2n) is 5.74. The van der Waals surface area contributed by atoms with Gasteiger partial charge < -0.3 is 0 Å². The molecule has 3 aromatic rings. The summed E-state index contributed by atoms with van der Waals surface area (Å²) in [4.78, 5) is 0. The summed E-state index contributed by atoms with van der Waals surface area (Å²) in [5.41, 5.74) is 1.13. The van der Waals surface area contributed by atoms with Gasteiger partial charge >= 0.3 is 0 Å². The van der Waals surface area contributed by atoms with Crippen LogP contribution >= 0.6 is 11.3 Å². The van der Waals surface area contributed by atoms with Crippen molar-refractivity contribution in [2.75, 3.05) is 0 Å². The second kappa shape index (κ2) is 5.40. The molecule has 6 heteroatoms. The number of sulfonamides is 1. The molecule has 4 rings (SSSR count). The molecular weight excluding hydrogens is 333 g/mol. The van der Waals surface area contributed by atoms with Gasteiger partial charge in [-0.25, -0.2) is 13.1 Å². The molecule has 23 heavy (non-hydrogen) atoms. The summed E-state index contributed by atoms with van der Waals surface area (Å²) in [7, 11) is -3.63. The molecule has 1 aliphatic carbocycles. The maximum absolute atomic E-state index is 13.0. The summed E-state index contributed by atoms with van der Waals surface area (Å²) in [6, 6.07) is 16.7. The largest absolute Gasteiger partial charge is 0.250 e. The third-order valence-electron chi connectivity index (χ3n) is 4.11. The standard InChI is InChI=1S/C17H14FNO2S2/c18-16-7-8-17(22-16)23(20,21)19-15-10-14(15)13-6-5-11-3-1-2-4-12(11)9-13/h1-9,14-15,19H,10H2/t14-,15+/m0/s1. The quantitative estimate of drug-likeness (QED) is 0.779. The number of thiophene rings is 1. The Labute approximate surface area is 137 Å². The first-order chi connectivity index (χ1) is 11.0. The van der Waals surface area contributed by atoms with Crippen molar-refractivity contribution in [2.45, 2.75) is 22.6 Å². The SMILES string of the molecule is O=S(=O)(N[C@@H]1C[C@H]1c1ccc2ccccc2c1)c1ccc(F)s1. The smallest absolute Gasteiger partial charge is 0.207 e. The maximum Gasteiger partial charge on any atom is 0.250 e. The van der Waals surface area contributed by atoms with Crippen LogP contribution in [0.1, 0.15) is 17.9 Å². The molecule has 1 aliphatic rings. The van der Waals surface area contributed by atoms with Crippen LogP contribution in [0.4, 0.5) is 4.39 Å². The molecule has 1 heterocycles. The van der Waals surface area contributed by atoms with Crippen LogP contribution in [-0.2, 0) is 10.0 Å². The van der Waals surface area contributed by atoms with Gasteiger partial charge in [0.2, 0.25) is 10.0 Å². The minimum Gasteiger partial charge on any atom is -0.207 e. The summed E-state index contributed by atoms with van der Waals surface area (Å²) in [6.07, 6.45) is 0.769. The van der Waals surface area contributed by atoms with Crippen LogP contribution in [0.3, 0.4) is 0 Å². The molecule has 0 unspecified atom stereocenters. The topological polar surface area (TPSA) is 46.2 Å². The molecule has 0 aliphatic heterocycles. The van der Waals surface area contributed by atoms with E-state index in [0.717, 1.165) is 17.4 Å². The van der Waals surface area contributed by atoms with Crippen molar-refractivity contribution in [3.63, 3.8) is 0 Å². The number of halogens is 1. The summed E-state index contributed by atoms with van der Waals surface area (Å²) < 4.78 is 40.2. The fourth-order valence-corrected chi connectivity index (χ4v) is 5.14. The van der Waals surface area contributed by atoms with E-state index in [2.05, 4.69) is 29.0 Å². The van der Waals surface area contributed by atoms with Crippen molar-refractivity contribution in [1.82, 2.24) is 4.72 Å². The Balaban J connectivity index is 1.53. The molecule has 0 bridgehead atoms. The monoisotopic (exact) mass is 347 g/mol. The Morgan fingerprint density at radius 3 is 2.57 bits per heavy atom. The van der Waals surface area contributed by atoms with Crippen LogP contribution in [0.2, 0.25) is 0 Å². The number of rotatable bonds is 4. The summed E-state index contributed by atoms with van der Waals surface area (Å²) >= 11 is 0.646. The Hall–Kier alpha value is -1.76. The molecule has 1 saturated carbocycles. The molecule has 0 amide bonds. The van der Waals surface area contributed by atoms with E-state index in [1.54, 1.807) is 0 Å². The van der Waals surface area contributed by atoms with Crippen LogP contribution in [0.5, 0.6) is 0 Å². The minimum absolute atomic E-state index is 0.0270. The first-order valence-electron chi connectivity index (χ1n) is 7.29. The molecular formula is C17H14FNO2S2. The molecule has 2 aromatic carbocycles. The van der Waals surface area contributed by atoms with E-state index in [0.29, 0.717) is 11.3 Å². The number of fused-ring (bicyclic) bond motifs is 1. The molecule has 2 atom stereocenters. The van der Waals surface area contributed by atoms with Crippen LogP contribution in [0.15, 0.2) is 58.8 Å². The summed E-state index contributed by atoms with van der Waals surface area (Å²) in [5.74, 6) is 0.180. The van der Waals surface area contributed by atoms with Crippen LogP contribution in [0, 0.1) is 5.13 Å². The van der Waals surface area contributed by atoms with Crippen molar-refractivity contribution in [3.8, 4) is 0 Å². The van der Waals surface area contributed by atoms with Gasteiger partial charge in [0.05, 0.1) is 0 Å². The average Bonchev–Trinajstić information content (AvgIpc) is 3.14. The van der Waals surface area contributed by atoms with Gasteiger partial charge in [0, 0.05) is 12.0 Å². The Morgan fingerprint density at radius 1 is 1.04 bits per heavy atom. The molecule has 0 radical (unpaired) electrons. The van der Waals surface area contributed by atoms with Crippen molar-refractivity contribution in [1.29, 1.82) is 0 Å². The number of hydrogen-bond donors (Lipinski definition) is 1. The lowest BCUT2D eigenvalue weighted by atomic mass is 10.0. The van der Waals surface area contributed by atoms with Gasteiger partial charge in [-0.05, 0) is 34.9 Å². The third-order valence-corrected chi connectivity index (χ3v) is 6.97.